The van der Waals surface area contributed by atoms with Crippen LogP contribution in [0.3, 0.4) is 0 Å². The summed E-state index contributed by atoms with van der Waals surface area (Å²) in [5.41, 5.74) is 5.60. The van der Waals surface area contributed by atoms with Gasteiger partial charge in [0.25, 0.3) is 0 Å². The molecule has 0 heterocycles. The van der Waals surface area contributed by atoms with Crippen LogP contribution in [-0.4, -0.2) is 60.8 Å². The molecule has 3 atom stereocenters. The van der Waals surface area contributed by atoms with E-state index in [9.17, 15) is 19.5 Å². The van der Waals surface area contributed by atoms with E-state index in [1.54, 1.807) is 0 Å². The smallest absolute Gasteiger partial charge is 0.407 e. The lowest BCUT2D eigenvalue weighted by molar-refractivity contribution is -0.145. The Labute approximate surface area is 247 Å². The number of carbonyl (C=O) groups excluding carboxylic acids is 2. The number of nitrogens with zero attached hydrogens (tertiary/aromatic N) is 1. The highest BCUT2D eigenvalue weighted by Gasteiger charge is 2.33. The van der Waals surface area contributed by atoms with Crippen LogP contribution in [0.1, 0.15) is 48.3 Å². The molecule has 0 radical (unpaired) electrons. The lowest BCUT2D eigenvalue weighted by Crippen LogP contribution is -2.53. The van der Waals surface area contributed by atoms with Crippen LogP contribution in [0, 0.1) is 11.8 Å². The van der Waals surface area contributed by atoms with Gasteiger partial charge >= 0.3 is 12.1 Å². The molecule has 3 N–H and O–H groups in total. The highest BCUT2D eigenvalue weighted by atomic mass is 16.5. The van der Waals surface area contributed by atoms with Crippen LogP contribution in [0.15, 0.2) is 78.9 Å². The third-order valence-corrected chi connectivity index (χ3v) is 8.51. The fraction of sp³-hybridized carbons (Fsp3) is 0.382. The van der Waals surface area contributed by atoms with Crippen LogP contribution in [-0.2, 0) is 20.9 Å². The van der Waals surface area contributed by atoms with Crippen molar-refractivity contribution < 1.29 is 24.2 Å². The number of fused-ring (bicyclic) bond motifs is 3. The Hall–Kier alpha value is -4.17. The number of alkyl carbamates (subject to hydrolysis) is 1. The van der Waals surface area contributed by atoms with Crippen LogP contribution in [0.4, 0.5) is 4.79 Å². The number of benzene rings is 3. The molecular formula is C34H39N3O5. The van der Waals surface area contributed by atoms with Crippen molar-refractivity contribution >= 4 is 18.0 Å². The van der Waals surface area contributed by atoms with Crippen LogP contribution >= 0.6 is 0 Å². The van der Waals surface area contributed by atoms with E-state index in [1.807, 2.05) is 66.5 Å². The summed E-state index contributed by atoms with van der Waals surface area (Å²) in [5.74, 6) is -1.84. The molecule has 0 spiro atoms. The number of amides is 2. The molecule has 220 valence electrons. The van der Waals surface area contributed by atoms with Crippen LogP contribution in [0.5, 0.6) is 0 Å². The van der Waals surface area contributed by atoms with Crippen molar-refractivity contribution in [3.63, 3.8) is 0 Å². The standard InChI is InChI=1S/C34H39N3O5/c1-37(20-23-11-3-2-4-12-23)21-31(32(38)35-19-24-13-5-6-14-25(24)33(39)40)36-34(41)42-22-30-28-17-9-7-15-26(28)27-16-8-10-18-29(27)30/h2-4,7-12,15-18,24-25,30-31H,5-6,13-14,19-22H2,1H3,(H,35,38)(H,36,41)(H,39,40)/t24-,25-,31?/m1/s1. The maximum absolute atomic E-state index is 13.4. The maximum Gasteiger partial charge on any atom is 0.407 e. The first-order chi connectivity index (χ1) is 20.4. The summed E-state index contributed by atoms with van der Waals surface area (Å²) in [6.45, 7) is 1.27. The van der Waals surface area contributed by atoms with Crippen molar-refractivity contribution in [1.29, 1.82) is 0 Å². The molecule has 2 amide bonds. The Bertz CT molecular complexity index is 1350. The van der Waals surface area contributed by atoms with E-state index in [-0.39, 0.29) is 37.4 Å². The van der Waals surface area contributed by atoms with Crippen LogP contribution in [0.2, 0.25) is 0 Å². The Morgan fingerprint density at radius 3 is 2.19 bits per heavy atom. The molecule has 8 nitrogen and oxygen atoms in total. The average molecular weight is 570 g/mol. The summed E-state index contributed by atoms with van der Waals surface area (Å²) >= 11 is 0. The summed E-state index contributed by atoms with van der Waals surface area (Å²) in [5, 5.41) is 15.4. The second kappa shape index (κ2) is 13.7. The third-order valence-electron chi connectivity index (χ3n) is 8.51. The monoisotopic (exact) mass is 569 g/mol. The normalized spacial score (nSPS) is 18.5. The Morgan fingerprint density at radius 2 is 1.52 bits per heavy atom. The van der Waals surface area contributed by atoms with Gasteiger partial charge in [0.15, 0.2) is 0 Å². The highest BCUT2D eigenvalue weighted by molar-refractivity contribution is 5.86. The number of hydrogen-bond donors (Lipinski definition) is 3. The first-order valence-electron chi connectivity index (χ1n) is 14.7. The van der Waals surface area contributed by atoms with Crippen molar-refractivity contribution in [3.05, 3.63) is 95.6 Å². The van der Waals surface area contributed by atoms with E-state index in [1.165, 1.54) is 0 Å². The van der Waals surface area contributed by atoms with Crippen molar-refractivity contribution in [2.24, 2.45) is 11.8 Å². The van der Waals surface area contributed by atoms with Gasteiger partial charge in [0.05, 0.1) is 5.92 Å². The fourth-order valence-electron chi connectivity index (χ4n) is 6.38. The van der Waals surface area contributed by atoms with Gasteiger partial charge in [-0.2, -0.15) is 0 Å². The zero-order valence-electron chi connectivity index (χ0n) is 24.0. The number of likely N-dealkylation sites (N-methyl/N-ethyl adjacent to an activating group) is 1. The number of carboxylic acids is 1. The van der Waals surface area contributed by atoms with Gasteiger partial charge in [0.2, 0.25) is 5.91 Å². The molecule has 1 fully saturated rings. The van der Waals surface area contributed by atoms with E-state index in [2.05, 4.69) is 34.9 Å². The van der Waals surface area contributed by atoms with Gasteiger partial charge in [-0.25, -0.2) is 4.79 Å². The minimum atomic E-state index is -0.874. The van der Waals surface area contributed by atoms with E-state index >= 15 is 0 Å². The Kier molecular flexibility index (Phi) is 9.54. The molecule has 3 aromatic rings. The molecule has 5 rings (SSSR count). The van der Waals surface area contributed by atoms with Crippen molar-refractivity contribution in [3.8, 4) is 11.1 Å². The topological polar surface area (TPSA) is 108 Å². The van der Waals surface area contributed by atoms with E-state index in [0.29, 0.717) is 13.0 Å². The van der Waals surface area contributed by atoms with Crippen LogP contribution < -0.4 is 10.6 Å². The van der Waals surface area contributed by atoms with Gasteiger partial charge in [-0.3, -0.25) is 14.5 Å². The molecule has 8 heteroatoms. The number of carbonyl (C=O) groups is 3. The molecule has 1 saturated carbocycles. The summed E-state index contributed by atoms with van der Waals surface area (Å²) in [4.78, 5) is 40.3. The minimum Gasteiger partial charge on any atom is -0.481 e. The molecular weight excluding hydrogens is 530 g/mol. The zero-order valence-corrected chi connectivity index (χ0v) is 24.0. The maximum atomic E-state index is 13.4. The van der Waals surface area contributed by atoms with Gasteiger partial charge in [-0.15, -0.1) is 0 Å². The molecule has 0 aromatic heterocycles. The second-order valence-corrected chi connectivity index (χ2v) is 11.4. The molecule has 2 aliphatic carbocycles. The van der Waals surface area contributed by atoms with Crippen LogP contribution in [0.25, 0.3) is 11.1 Å². The van der Waals surface area contributed by atoms with Gasteiger partial charge in [0, 0.05) is 25.6 Å². The SMILES string of the molecule is CN(Cc1ccccc1)CC(NC(=O)OCC1c2ccccc2-c2ccccc21)C(=O)NC[C@H]1CCCC[C@H]1C(=O)O. The highest BCUT2D eigenvalue weighted by Crippen LogP contribution is 2.44. The number of carboxylic acid groups (broad SMARTS) is 1. The summed E-state index contributed by atoms with van der Waals surface area (Å²) in [6, 6.07) is 25.3. The lowest BCUT2D eigenvalue weighted by atomic mass is 9.79. The van der Waals surface area contributed by atoms with Gasteiger partial charge < -0.3 is 20.5 Å². The van der Waals surface area contributed by atoms with Crippen molar-refractivity contribution in [2.75, 3.05) is 26.7 Å². The summed E-state index contributed by atoms with van der Waals surface area (Å²) < 4.78 is 5.74. The molecule has 3 aromatic carbocycles. The van der Waals surface area contributed by atoms with Crippen molar-refractivity contribution in [1.82, 2.24) is 15.5 Å². The largest absolute Gasteiger partial charge is 0.481 e. The minimum absolute atomic E-state index is 0.0876. The van der Waals surface area contributed by atoms with Gasteiger partial charge in [0.1, 0.15) is 12.6 Å². The number of ether oxygens (including phenoxy) is 1. The third kappa shape index (κ3) is 6.99. The average Bonchev–Trinajstić information content (AvgIpc) is 3.32. The number of hydrogen-bond acceptors (Lipinski definition) is 5. The molecule has 0 aliphatic heterocycles. The number of aliphatic carboxylic acids is 1. The first kappa shape index (κ1) is 29.3. The van der Waals surface area contributed by atoms with Gasteiger partial charge in [-0.1, -0.05) is 91.7 Å². The lowest BCUT2D eigenvalue weighted by Gasteiger charge is -2.30. The zero-order chi connectivity index (χ0) is 29.5. The summed E-state index contributed by atoms with van der Waals surface area (Å²) in [7, 11) is 1.90. The number of rotatable bonds is 11. The Morgan fingerprint density at radius 1 is 0.905 bits per heavy atom. The van der Waals surface area contributed by atoms with E-state index in [0.717, 1.165) is 47.1 Å². The molecule has 42 heavy (non-hydrogen) atoms. The fourth-order valence-corrected chi connectivity index (χ4v) is 6.38. The van der Waals surface area contributed by atoms with Gasteiger partial charge in [-0.05, 0) is 53.6 Å². The molecule has 2 aliphatic rings. The van der Waals surface area contributed by atoms with Crippen molar-refractivity contribution in [2.45, 2.75) is 44.2 Å². The second-order valence-electron chi connectivity index (χ2n) is 11.4. The number of nitrogens with one attached hydrogen (secondary N) is 2. The predicted molar refractivity (Wildman–Crippen MR) is 161 cm³/mol. The van der Waals surface area contributed by atoms with E-state index < -0.39 is 24.0 Å². The molecule has 1 unspecified atom stereocenters. The van der Waals surface area contributed by atoms with E-state index in [4.69, 9.17) is 4.74 Å². The molecule has 0 bridgehead atoms. The quantitative estimate of drug-likeness (QED) is 0.299. The first-order valence-corrected chi connectivity index (χ1v) is 14.7. The summed E-state index contributed by atoms with van der Waals surface area (Å²) in [6.07, 6.45) is 2.56. The Balaban J connectivity index is 1.24. The predicted octanol–water partition coefficient (Wildman–Crippen LogP) is 5.03. The molecule has 0 saturated heterocycles.